The summed E-state index contributed by atoms with van der Waals surface area (Å²) in [7, 11) is 0. The van der Waals surface area contributed by atoms with Crippen molar-refractivity contribution in [3.8, 4) is 12.3 Å². The van der Waals surface area contributed by atoms with Crippen LogP contribution in [0.2, 0.25) is 0 Å². The molecule has 1 aliphatic heterocycles. The lowest BCUT2D eigenvalue weighted by molar-refractivity contribution is -0.248. The number of anilines is 1. The number of rotatable bonds is 6. The molecule has 1 amide bonds. The first kappa shape index (κ1) is 26.5. The summed E-state index contributed by atoms with van der Waals surface area (Å²) in [5, 5.41) is 2.23. The third-order valence-electron chi connectivity index (χ3n) is 4.98. The first-order valence-corrected chi connectivity index (χ1v) is 10.3. The summed E-state index contributed by atoms with van der Waals surface area (Å²) >= 11 is 0. The van der Waals surface area contributed by atoms with E-state index in [1.807, 2.05) is 0 Å². The molecule has 1 unspecified atom stereocenters. The van der Waals surface area contributed by atoms with Crippen molar-refractivity contribution in [2.75, 3.05) is 5.32 Å². The lowest BCUT2D eigenvalue weighted by Crippen LogP contribution is -2.43. The minimum absolute atomic E-state index is 0.368. The van der Waals surface area contributed by atoms with E-state index in [-0.39, 0.29) is 11.5 Å². The molecule has 36 heavy (non-hydrogen) atoms. The second-order valence-electron chi connectivity index (χ2n) is 7.73. The zero-order valence-electron chi connectivity index (χ0n) is 19.0. The summed E-state index contributed by atoms with van der Waals surface area (Å²) in [6.07, 6.45) is -8.25. The van der Waals surface area contributed by atoms with E-state index in [4.69, 9.17) is 15.9 Å². The summed E-state index contributed by atoms with van der Waals surface area (Å²) in [5.74, 6) is -0.982. The van der Waals surface area contributed by atoms with Crippen molar-refractivity contribution in [2.45, 2.75) is 64.5 Å². The number of esters is 2. The van der Waals surface area contributed by atoms with E-state index >= 15 is 0 Å². The largest absolute Gasteiger partial charge is 0.458 e. The monoisotopic (exact) mass is 515 g/mol. The van der Waals surface area contributed by atoms with Crippen LogP contribution in [0.5, 0.6) is 0 Å². The minimum Gasteiger partial charge on any atom is -0.458 e. The van der Waals surface area contributed by atoms with E-state index in [1.54, 1.807) is 0 Å². The number of carbonyl (C=O) groups excluding carboxylic acids is 3. The summed E-state index contributed by atoms with van der Waals surface area (Å²) in [6, 6.07) is 0. The highest BCUT2D eigenvalue weighted by atomic mass is 19.4. The smallest absolute Gasteiger partial charge is 0.428 e. The Bertz CT molecular complexity index is 1370. The van der Waals surface area contributed by atoms with Gasteiger partial charge >= 0.3 is 23.8 Å². The van der Waals surface area contributed by atoms with Gasteiger partial charge in [0.15, 0.2) is 17.4 Å². The number of halogens is 3. The number of aromatic amines is 1. The molecule has 2 N–H and O–H groups in total. The van der Waals surface area contributed by atoms with Gasteiger partial charge in [-0.1, -0.05) is 5.92 Å². The predicted molar refractivity (Wildman–Crippen MR) is 113 cm³/mol. The molecule has 1 fully saturated rings. The second kappa shape index (κ2) is 9.85. The Labute approximate surface area is 199 Å². The van der Waals surface area contributed by atoms with E-state index in [2.05, 4.69) is 25.9 Å². The standard InChI is InChI=1S/C20H20F3N5O8/c1-5-6-27-13-15(25-18(24-8(2)29)26-16(13)32)28(19(27)33)17-12(34-9(3)30)7-11(36-17)14(20(21,22)23)35-10(4)31/h1,11-12,14,17H,6-7H2,2-4H3,(H2,24,25,26,29,32)/t11-,12+,14?,17+/m0/s1. The number of aromatic nitrogens is 4. The van der Waals surface area contributed by atoms with Crippen LogP contribution in [0, 0.1) is 12.3 Å². The number of carbonyl (C=O) groups is 3. The summed E-state index contributed by atoms with van der Waals surface area (Å²) < 4.78 is 57.5. The topological polar surface area (TPSA) is 164 Å². The number of ether oxygens (including phenoxy) is 3. The van der Waals surface area contributed by atoms with Crippen LogP contribution in [0.25, 0.3) is 11.2 Å². The van der Waals surface area contributed by atoms with Gasteiger partial charge in [-0.3, -0.25) is 34.0 Å². The number of imidazole rings is 1. The molecule has 1 aliphatic rings. The Balaban J connectivity index is 2.23. The fraction of sp³-hybridized carbons (Fsp3) is 0.500. The molecule has 194 valence electrons. The minimum atomic E-state index is -5.07. The fourth-order valence-corrected chi connectivity index (χ4v) is 3.82. The van der Waals surface area contributed by atoms with Crippen LogP contribution in [0.15, 0.2) is 9.59 Å². The molecule has 0 saturated carbocycles. The van der Waals surface area contributed by atoms with Crippen LogP contribution in [-0.4, -0.2) is 61.4 Å². The number of hydrogen-bond acceptors (Lipinski definition) is 9. The van der Waals surface area contributed by atoms with Gasteiger partial charge in [-0.05, 0) is 0 Å². The van der Waals surface area contributed by atoms with Crippen molar-refractivity contribution in [1.29, 1.82) is 0 Å². The number of H-pyrrole nitrogens is 1. The van der Waals surface area contributed by atoms with Gasteiger partial charge in [0.05, 0.1) is 6.54 Å². The molecular weight excluding hydrogens is 495 g/mol. The maximum atomic E-state index is 13.7. The van der Waals surface area contributed by atoms with E-state index in [9.17, 15) is 37.1 Å². The first-order chi connectivity index (χ1) is 16.7. The van der Waals surface area contributed by atoms with Crippen molar-refractivity contribution in [3.05, 3.63) is 20.8 Å². The maximum absolute atomic E-state index is 13.7. The molecule has 2 aromatic rings. The van der Waals surface area contributed by atoms with Crippen molar-refractivity contribution >= 4 is 35.0 Å². The number of amides is 1. The second-order valence-corrected chi connectivity index (χ2v) is 7.73. The number of alkyl halides is 3. The summed E-state index contributed by atoms with van der Waals surface area (Å²) in [4.78, 5) is 66.7. The third kappa shape index (κ3) is 5.25. The number of nitrogens with one attached hydrogen (secondary N) is 2. The van der Waals surface area contributed by atoms with Gasteiger partial charge in [0, 0.05) is 27.2 Å². The predicted octanol–water partition coefficient (Wildman–Crippen LogP) is 0.191. The highest BCUT2D eigenvalue weighted by molar-refractivity contribution is 5.87. The van der Waals surface area contributed by atoms with Gasteiger partial charge in [-0.25, -0.2) is 9.36 Å². The van der Waals surface area contributed by atoms with Crippen LogP contribution in [0.4, 0.5) is 19.1 Å². The molecule has 0 bridgehead atoms. The molecule has 0 spiro atoms. The molecule has 0 aromatic carbocycles. The molecule has 2 aromatic heterocycles. The van der Waals surface area contributed by atoms with Gasteiger partial charge in [-0.15, -0.1) is 6.42 Å². The molecule has 1 saturated heterocycles. The van der Waals surface area contributed by atoms with Gasteiger partial charge in [-0.2, -0.15) is 18.2 Å². The molecule has 16 heteroatoms. The number of nitrogens with zero attached hydrogens (tertiary/aromatic N) is 3. The average Bonchev–Trinajstić information content (AvgIpc) is 3.23. The van der Waals surface area contributed by atoms with Crippen LogP contribution < -0.4 is 16.6 Å². The van der Waals surface area contributed by atoms with Crippen LogP contribution in [0.1, 0.15) is 33.4 Å². The van der Waals surface area contributed by atoms with E-state index in [0.29, 0.717) is 4.57 Å². The van der Waals surface area contributed by atoms with Gasteiger partial charge in [0.25, 0.3) is 5.56 Å². The Hall–Kier alpha value is -4.13. The van der Waals surface area contributed by atoms with E-state index < -0.39 is 78.4 Å². The third-order valence-corrected chi connectivity index (χ3v) is 4.98. The number of fused-ring (bicyclic) bond motifs is 1. The van der Waals surface area contributed by atoms with Crippen molar-refractivity contribution in [3.63, 3.8) is 0 Å². The number of terminal acetylenes is 1. The molecule has 13 nitrogen and oxygen atoms in total. The molecule has 0 radical (unpaired) electrons. The highest BCUT2D eigenvalue weighted by Gasteiger charge is 2.54. The van der Waals surface area contributed by atoms with E-state index in [0.717, 1.165) is 25.3 Å². The highest BCUT2D eigenvalue weighted by Crippen LogP contribution is 2.39. The lowest BCUT2D eigenvalue weighted by atomic mass is 10.1. The Morgan fingerprint density at radius 1 is 1.28 bits per heavy atom. The van der Waals surface area contributed by atoms with Crippen molar-refractivity contribution in [2.24, 2.45) is 0 Å². The SMILES string of the molecule is C#CCn1c(=O)n([C@@H]2O[C@H](C(OC(C)=O)C(F)(F)F)C[C@H]2OC(C)=O)c2nc(NC(C)=O)[nH]c(=O)c21. The van der Waals surface area contributed by atoms with E-state index in [1.165, 1.54) is 0 Å². The van der Waals surface area contributed by atoms with Gasteiger partial charge in [0.1, 0.15) is 12.2 Å². The van der Waals surface area contributed by atoms with Gasteiger partial charge in [0.2, 0.25) is 18.0 Å². The Morgan fingerprint density at radius 3 is 2.47 bits per heavy atom. The zero-order valence-corrected chi connectivity index (χ0v) is 19.0. The lowest BCUT2D eigenvalue weighted by Gasteiger charge is -2.25. The van der Waals surface area contributed by atoms with Crippen LogP contribution >= 0.6 is 0 Å². The Morgan fingerprint density at radius 2 is 1.94 bits per heavy atom. The normalized spacial score (nSPS) is 20.5. The summed E-state index contributed by atoms with van der Waals surface area (Å²) in [6.45, 7) is 2.44. The molecule has 0 aliphatic carbocycles. The summed E-state index contributed by atoms with van der Waals surface area (Å²) in [5.41, 5.74) is -2.70. The molecule has 4 atom stereocenters. The zero-order chi connectivity index (χ0) is 26.9. The average molecular weight is 515 g/mol. The van der Waals surface area contributed by atoms with Crippen molar-refractivity contribution < 1.29 is 41.8 Å². The fourth-order valence-electron chi connectivity index (χ4n) is 3.82. The number of hydrogen-bond donors (Lipinski definition) is 2. The van der Waals surface area contributed by atoms with Crippen LogP contribution in [-0.2, 0) is 35.1 Å². The van der Waals surface area contributed by atoms with Crippen molar-refractivity contribution in [1.82, 2.24) is 19.1 Å². The first-order valence-electron chi connectivity index (χ1n) is 10.3. The molecular formula is C20H20F3N5O8. The molecule has 3 rings (SSSR count). The van der Waals surface area contributed by atoms with Crippen LogP contribution in [0.3, 0.4) is 0 Å². The Kier molecular flexibility index (Phi) is 7.25. The quantitative estimate of drug-likeness (QED) is 0.404. The van der Waals surface area contributed by atoms with Gasteiger partial charge < -0.3 is 14.2 Å². The maximum Gasteiger partial charge on any atom is 0.428 e. The molecule has 3 heterocycles.